The van der Waals surface area contributed by atoms with Crippen molar-refractivity contribution < 1.29 is 4.74 Å². The molecule has 0 unspecified atom stereocenters. The first-order chi connectivity index (χ1) is 16.2. The Bertz CT molecular complexity index is 1200. The topological polar surface area (TPSA) is 93.0 Å². The van der Waals surface area contributed by atoms with Crippen molar-refractivity contribution in [2.75, 3.05) is 41.8 Å². The van der Waals surface area contributed by atoms with Crippen molar-refractivity contribution in [2.45, 2.75) is 26.4 Å². The molecule has 0 radical (unpaired) electrons. The first kappa shape index (κ1) is 21.1. The molecule has 9 heteroatoms. The second-order valence-corrected chi connectivity index (χ2v) is 8.28. The Balaban J connectivity index is 1.40. The molecule has 0 bridgehead atoms. The quantitative estimate of drug-likeness (QED) is 0.442. The molecule has 4 heterocycles. The highest BCUT2D eigenvalue weighted by Gasteiger charge is 2.18. The van der Waals surface area contributed by atoms with E-state index in [1.54, 1.807) is 12.5 Å². The highest BCUT2D eigenvalue weighted by Crippen LogP contribution is 2.29. The fraction of sp³-hybridized carbons (Fsp3) is 0.333. The number of hydrogen-bond donors (Lipinski definition) is 2. The number of fused-ring (bicyclic) bond motifs is 1. The van der Waals surface area contributed by atoms with Crippen molar-refractivity contribution in [1.29, 1.82) is 0 Å². The van der Waals surface area contributed by atoms with Crippen LogP contribution < -0.4 is 15.5 Å². The zero-order valence-corrected chi connectivity index (χ0v) is 18.9. The minimum absolute atomic E-state index is 0.182. The first-order valence-electron chi connectivity index (χ1n) is 11.2. The van der Waals surface area contributed by atoms with Crippen LogP contribution in [0.15, 0.2) is 55.1 Å². The van der Waals surface area contributed by atoms with Gasteiger partial charge in [0.05, 0.1) is 13.2 Å². The van der Waals surface area contributed by atoms with Crippen molar-refractivity contribution in [3.63, 3.8) is 0 Å². The van der Waals surface area contributed by atoms with Crippen molar-refractivity contribution >= 4 is 34.3 Å². The molecule has 0 amide bonds. The van der Waals surface area contributed by atoms with Crippen molar-refractivity contribution in [2.24, 2.45) is 0 Å². The molecule has 2 N–H and O–H groups in total. The molecular weight excluding hydrogens is 416 g/mol. The molecule has 1 aliphatic rings. The van der Waals surface area contributed by atoms with Crippen LogP contribution in [0.4, 0.5) is 23.1 Å². The number of anilines is 4. The summed E-state index contributed by atoms with van der Waals surface area (Å²) < 4.78 is 7.55. The highest BCUT2D eigenvalue weighted by molar-refractivity contribution is 5.87. The van der Waals surface area contributed by atoms with Crippen molar-refractivity contribution in [3.05, 3.63) is 60.7 Å². The van der Waals surface area contributed by atoms with Crippen LogP contribution in [-0.4, -0.2) is 50.8 Å². The van der Waals surface area contributed by atoms with Crippen molar-refractivity contribution in [1.82, 2.24) is 24.5 Å². The Kier molecular flexibility index (Phi) is 6.03. The van der Waals surface area contributed by atoms with Gasteiger partial charge in [0.15, 0.2) is 17.0 Å². The van der Waals surface area contributed by atoms with Gasteiger partial charge in [0.25, 0.3) is 0 Å². The second-order valence-electron chi connectivity index (χ2n) is 8.28. The van der Waals surface area contributed by atoms with Gasteiger partial charge in [-0.15, -0.1) is 0 Å². The largest absolute Gasteiger partial charge is 0.378 e. The number of hydrogen-bond acceptors (Lipinski definition) is 8. The molecule has 33 heavy (non-hydrogen) atoms. The molecule has 0 atom stereocenters. The smallest absolute Gasteiger partial charge is 0.205 e. The van der Waals surface area contributed by atoms with Crippen LogP contribution in [-0.2, 0) is 11.3 Å². The highest BCUT2D eigenvalue weighted by atomic mass is 16.5. The third-order valence-electron chi connectivity index (χ3n) is 5.67. The molecule has 1 aromatic carbocycles. The Morgan fingerprint density at radius 2 is 1.88 bits per heavy atom. The average Bonchev–Trinajstić information content (AvgIpc) is 3.24. The summed E-state index contributed by atoms with van der Waals surface area (Å²) in [7, 11) is 0. The lowest BCUT2D eigenvalue weighted by atomic mass is 10.2. The Hall–Kier alpha value is -3.72. The molecular formula is C24H28N8O. The molecule has 5 rings (SSSR count). The van der Waals surface area contributed by atoms with Crippen LogP contribution >= 0.6 is 0 Å². The molecule has 4 aromatic rings. The summed E-state index contributed by atoms with van der Waals surface area (Å²) >= 11 is 0. The monoisotopic (exact) mass is 444 g/mol. The summed E-state index contributed by atoms with van der Waals surface area (Å²) in [4.78, 5) is 20.4. The lowest BCUT2D eigenvalue weighted by Crippen LogP contribution is -2.36. The number of pyridine rings is 1. The number of nitrogens with one attached hydrogen (secondary N) is 2. The lowest BCUT2D eigenvalue weighted by Gasteiger charge is -2.28. The Morgan fingerprint density at radius 1 is 1.06 bits per heavy atom. The van der Waals surface area contributed by atoms with Gasteiger partial charge in [0.2, 0.25) is 5.95 Å². The van der Waals surface area contributed by atoms with E-state index in [2.05, 4.69) is 73.2 Å². The van der Waals surface area contributed by atoms with E-state index in [1.807, 2.05) is 18.3 Å². The minimum Gasteiger partial charge on any atom is -0.378 e. The first-order valence-corrected chi connectivity index (χ1v) is 11.2. The predicted octanol–water partition coefficient (Wildman–Crippen LogP) is 3.99. The van der Waals surface area contributed by atoms with E-state index in [0.717, 1.165) is 54.7 Å². The fourth-order valence-corrected chi connectivity index (χ4v) is 4.01. The van der Waals surface area contributed by atoms with Crippen LogP contribution in [0.5, 0.6) is 0 Å². The fourth-order valence-electron chi connectivity index (χ4n) is 4.01. The van der Waals surface area contributed by atoms with Crippen LogP contribution in [0, 0.1) is 0 Å². The number of benzene rings is 1. The average molecular weight is 445 g/mol. The number of aromatic nitrogens is 5. The van der Waals surface area contributed by atoms with Gasteiger partial charge in [-0.2, -0.15) is 0 Å². The summed E-state index contributed by atoms with van der Waals surface area (Å²) in [6, 6.07) is 12.5. The standard InChI is InChI=1S/C24H28N8O/c1-17(2)32-23-21(30-24(32)26-15-18-4-3-9-25-14-18)22(27-16-28-23)29-19-5-7-20(8-6-19)31-10-12-33-13-11-31/h3-9,14,16-17H,10-13,15H2,1-2H3,(H,26,30)(H,27,28,29). The lowest BCUT2D eigenvalue weighted by molar-refractivity contribution is 0.122. The van der Waals surface area contributed by atoms with Gasteiger partial charge in [-0.25, -0.2) is 15.0 Å². The summed E-state index contributed by atoms with van der Waals surface area (Å²) in [6.07, 6.45) is 5.20. The van der Waals surface area contributed by atoms with Crippen LogP contribution in [0.25, 0.3) is 11.2 Å². The maximum atomic E-state index is 5.45. The number of ether oxygens (including phenoxy) is 1. The summed E-state index contributed by atoms with van der Waals surface area (Å²) in [6.45, 7) is 8.25. The van der Waals surface area contributed by atoms with E-state index in [9.17, 15) is 0 Å². The number of nitrogens with zero attached hydrogens (tertiary/aromatic N) is 6. The summed E-state index contributed by atoms with van der Waals surface area (Å²) in [5, 5.41) is 6.86. The van der Waals surface area contributed by atoms with E-state index in [1.165, 1.54) is 5.69 Å². The van der Waals surface area contributed by atoms with Gasteiger partial charge in [-0.05, 0) is 49.7 Å². The molecule has 0 spiro atoms. The SMILES string of the molecule is CC(C)n1c(NCc2cccnc2)nc2c(Nc3ccc(N4CCOCC4)cc3)ncnc21. The van der Waals surface area contributed by atoms with Crippen LogP contribution in [0.3, 0.4) is 0 Å². The maximum Gasteiger partial charge on any atom is 0.205 e. The van der Waals surface area contributed by atoms with E-state index in [4.69, 9.17) is 9.72 Å². The molecule has 1 saturated heterocycles. The molecule has 3 aromatic heterocycles. The third-order valence-corrected chi connectivity index (χ3v) is 5.67. The van der Waals surface area contributed by atoms with Gasteiger partial charge >= 0.3 is 0 Å². The molecule has 0 saturated carbocycles. The maximum absolute atomic E-state index is 5.45. The third kappa shape index (κ3) is 4.58. The van der Waals surface area contributed by atoms with E-state index in [0.29, 0.717) is 12.4 Å². The van der Waals surface area contributed by atoms with E-state index < -0.39 is 0 Å². The number of imidazole rings is 1. The normalized spacial score (nSPS) is 14.1. The van der Waals surface area contributed by atoms with Crippen LogP contribution in [0.2, 0.25) is 0 Å². The Labute approximate surface area is 192 Å². The van der Waals surface area contributed by atoms with Gasteiger partial charge in [0, 0.05) is 49.4 Å². The molecule has 170 valence electrons. The number of morpholine rings is 1. The van der Waals surface area contributed by atoms with E-state index in [-0.39, 0.29) is 6.04 Å². The molecule has 1 aliphatic heterocycles. The molecule has 0 aliphatic carbocycles. The second kappa shape index (κ2) is 9.41. The summed E-state index contributed by atoms with van der Waals surface area (Å²) in [5.74, 6) is 1.44. The molecule has 9 nitrogen and oxygen atoms in total. The van der Waals surface area contributed by atoms with Crippen LogP contribution in [0.1, 0.15) is 25.5 Å². The Morgan fingerprint density at radius 3 is 2.61 bits per heavy atom. The van der Waals surface area contributed by atoms with Gasteiger partial charge in [-0.3, -0.25) is 9.55 Å². The zero-order chi connectivity index (χ0) is 22.6. The minimum atomic E-state index is 0.182. The van der Waals surface area contributed by atoms with Gasteiger partial charge in [-0.1, -0.05) is 6.07 Å². The van der Waals surface area contributed by atoms with Crippen molar-refractivity contribution in [3.8, 4) is 0 Å². The number of rotatable bonds is 7. The molecule has 1 fully saturated rings. The predicted molar refractivity (Wildman–Crippen MR) is 130 cm³/mol. The summed E-state index contributed by atoms with van der Waals surface area (Å²) in [5.41, 5.74) is 4.77. The van der Waals surface area contributed by atoms with E-state index >= 15 is 0 Å². The zero-order valence-electron chi connectivity index (χ0n) is 18.9. The van der Waals surface area contributed by atoms with Gasteiger partial charge < -0.3 is 20.3 Å². The van der Waals surface area contributed by atoms with Gasteiger partial charge in [0.1, 0.15) is 6.33 Å².